The zero-order chi connectivity index (χ0) is 19.8. The molecule has 0 heterocycles. The standard InChI is InChI=1S/C12H19NO4S/c1-4-17-12-7-9(5-6-11(12)16-2)10(13)8-18(3,14)15/h5-7,10H,4,8,13H2,1-3H3/i1D3,4D2,8D2. The molecule has 0 bridgehead atoms. The van der Waals surface area contributed by atoms with E-state index in [0.717, 1.165) is 6.07 Å². The van der Waals surface area contributed by atoms with Gasteiger partial charge in [-0.25, -0.2) is 8.42 Å². The van der Waals surface area contributed by atoms with Gasteiger partial charge in [-0.2, -0.15) is 0 Å². The van der Waals surface area contributed by atoms with Gasteiger partial charge in [0.15, 0.2) is 11.5 Å². The number of nitrogens with two attached hydrogens (primary N) is 1. The fraction of sp³-hybridized carbons (Fsp3) is 0.500. The van der Waals surface area contributed by atoms with Gasteiger partial charge in [-0.3, -0.25) is 0 Å². The summed E-state index contributed by atoms with van der Waals surface area (Å²) in [6.07, 6.45) is 0.695. The van der Waals surface area contributed by atoms with Crippen molar-refractivity contribution in [1.29, 1.82) is 0 Å². The van der Waals surface area contributed by atoms with Crippen LogP contribution in [0, 0.1) is 0 Å². The lowest BCUT2D eigenvalue weighted by molar-refractivity contribution is 0.310. The minimum Gasteiger partial charge on any atom is -0.493 e. The molecule has 0 aliphatic rings. The van der Waals surface area contributed by atoms with Gasteiger partial charge >= 0.3 is 0 Å². The first kappa shape index (κ1) is 7.35. The summed E-state index contributed by atoms with van der Waals surface area (Å²) >= 11 is 0. The highest BCUT2D eigenvalue weighted by atomic mass is 32.2. The second-order valence-corrected chi connectivity index (χ2v) is 5.26. The fourth-order valence-electron chi connectivity index (χ4n) is 1.32. The van der Waals surface area contributed by atoms with Crippen molar-refractivity contribution in [2.75, 3.05) is 25.6 Å². The molecular formula is C12H19NO4S. The lowest BCUT2D eigenvalue weighted by Crippen LogP contribution is -2.20. The van der Waals surface area contributed by atoms with E-state index in [-0.39, 0.29) is 17.1 Å². The van der Waals surface area contributed by atoms with E-state index >= 15 is 0 Å². The van der Waals surface area contributed by atoms with E-state index in [1.54, 1.807) is 0 Å². The second kappa shape index (κ2) is 6.06. The molecule has 0 aromatic heterocycles. The number of rotatable bonds is 6. The zero-order valence-corrected chi connectivity index (χ0v) is 10.7. The summed E-state index contributed by atoms with van der Waals surface area (Å²) in [6.45, 7) is -6.16. The van der Waals surface area contributed by atoms with Crippen molar-refractivity contribution in [3.8, 4) is 11.5 Å². The molecular weight excluding hydrogens is 254 g/mol. The first-order valence-electron chi connectivity index (χ1n) is 8.37. The van der Waals surface area contributed by atoms with Crippen molar-refractivity contribution >= 4 is 9.84 Å². The minimum atomic E-state index is -4.16. The van der Waals surface area contributed by atoms with E-state index in [1.165, 1.54) is 19.2 Å². The van der Waals surface area contributed by atoms with Gasteiger partial charge in [0.25, 0.3) is 0 Å². The molecule has 1 aromatic carbocycles. The maximum Gasteiger partial charge on any atom is 0.161 e. The predicted molar refractivity (Wildman–Crippen MR) is 70.8 cm³/mol. The molecule has 0 saturated heterocycles. The second-order valence-electron chi connectivity index (χ2n) is 3.48. The number of hydrogen-bond donors (Lipinski definition) is 1. The summed E-state index contributed by atoms with van der Waals surface area (Å²) in [4.78, 5) is 0. The van der Waals surface area contributed by atoms with Crippen LogP contribution in [0.5, 0.6) is 11.5 Å². The van der Waals surface area contributed by atoms with Gasteiger partial charge < -0.3 is 15.2 Å². The maximum atomic E-state index is 11.6. The minimum absolute atomic E-state index is 0.0241. The molecule has 0 radical (unpaired) electrons. The van der Waals surface area contributed by atoms with Crippen LogP contribution in [0.15, 0.2) is 18.2 Å². The number of benzene rings is 1. The van der Waals surface area contributed by atoms with Crippen LogP contribution < -0.4 is 15.2 Å². The molecule has 0 amide bonds. The van der Waals surface area contributed by atoms with Gasteiger partial charge in [0.2, 0.25) is 0 Å². The summed E-state index contributed by atoms with van der Waals surface area (Å²) in [6, 6.07) is 1.97. The summed E-state index contributed by atoms with van der Waals surface area (Å²) < 4.78 is 84.9. The summed E-state index contributed by atoms with van der Waals surface area (Å²) in [7, 11) is -2.93. The SMILES string of the molecule is [2H]C([2H])([2H])C([2H])([2H])Oc1cc(C(N)C([2H])([2H])S(C)(=O)=O)ccc1OC. The lowest BCUT2D eigenvalue weighted by atomic mass is 10.1. The van der Waals surface area contributed by atoms with Crippen molar-refractivity contribution in [2.45, 2.75) is 12.9 Å². The van der Waals surface area contributed by atoms with Crippen LogP contribution in [-0.2, 0) is 9.84 Å². The Morgan fingerprint density at radius 3 is 2.78 bits per heavy atom. The molecule has 1 rings (SSSR count). The third-order valence-corrected chi connectivity index (χ3v) is 2.73. The van der Waals surface area contributed by atoms with Crippen LogP contribution in [0.2, 0.25) is 0 Å². The number of sulfone groups is 1. The topological polar surface area (TPSA) is 78.6 Å². The third-order valence-electron chi connectivity index (χ3n) is 2.05. The Balaban J connectivity index is 3.37. The van der Waals surface area contributed by atoms with E-state index in [4.69, 9.17) is 24.8 Å². The van der Waals surface area contributed by atoms with Gasteiger partial charge in [-0.1, -0.05) is 6.07 Å². The van der Waals surface area contributed by atoms with Crippen LogP contribution in [0.25, 0.3) is 0 Å². The highest BCUT2D eigenvalue weighted by Crippen LogP contribution is 2.30. The normalized spacial score (nSPS) is 21.2. The third kappa shape index (κ3) is 4.19. The largest absolute Gasteiger partial charge is 0.493 e. The molecule has 0 fully saturated rings. The van der Waals surface area contributed by atoms with Crippen LogP contribution >= 0.6 is 0 Å². The van der Waals surface area contributed by atoms with Crippen LogP contribution in [0.4, 0.5) is 0 Å². The van der Waals surface area contributed by atoms with Crippen molar-refractivity contribution in [3.05, 3.63) is 23.8 Å². The molecule has 0 aliphatic heterocycles. The van der Waals surface area contributed by atoms with Crippen molar-refractivity contribution < 1.29 is 27.5 Å². The Hall–Kier alpha value is -1.27. The van der Waals surface area contributed by atoms with Crippen LogP contribution in [0.3, 0.4) is 0 Å². The Labute approximate surface area is 118 Å². The van der Waals surface area contributed by atoms with E-state index in [9.17, 15) is 8.42 Å². The molecule has 0 aliphatic carbocycles. The van der Waals surface area contributed by atoms with Gasteiger partial charge in [-0.05, 0) is 24.5 Å². The van der Waals surface area contributed by atoms with E-state index < -0.39 is 35.0 Å². The average molecular weight is 280 g/mol. The van der Waals surface area contributed by atoms with Gasteiger partial charge in [0, 0.05) is 19.2 Å². The summed E-state index contributed by atoms with van der Waals surface area (Å²) in [5.41, 5.74) is 2.88. The Kier molecular flexibility index (Phi) is 2.48. The molecule has 102 valence electrons. The molecule has 0 spiro atoms. The maximum absolute atomic E-state index is 11.6. The number of methoxy groups -OCH3 is 1. The van der Waals surface area contributed by atoms with E-state index in [0.29, 0.717) is 6.26 Å². The number of hydrogen-bond acceptors (Lipinski definition) is 5. The Morgan fingerprint density at radius 2 is 2.22 bits per heavy atom. The van der Waals surface area contributed by atoms with Crippen LogP contribution in [-0.4, -0.2) is 34.0 Å². The molecule has 1 unspecified atom stereocenters. The van der Waals surface area contributed by atoms with Gasteiger partial charge in [-0.15, -0.1) is 0 Å². The predicted octanol–water partition coefficient (Wildman–Crippen LogP) is 1.14. The lowest BCUT2D eigenvalue weighted by Gasteiger charge is -2.15. The molecule has 1 atom stereocenters. The summed E-state index contributed by atoms with van der Waals surface area (Å²) in [5.74, 6) is -0.370. The molecule has 1 aromatic rings. The van der Waals surface area contributed by atoms with Gasteiger partial charge in [0.05, 0.1) is 22.1 Å². The molecule has 2 N–H and O–H groups in total. The first-order valence-corrected chi connectivity index (χ1v) is 6.76. The van der Waals surface area contributed by atoms with Crippen LogP contribution in [0.1, 0.15) is 28.1 Å². The molecule has 6 heteroatoms. The first-order chi connectivity index (χ1) is 11.0. The van der Waals surface area contributed by atoms with E-state index in [2.05, 4.69) is 0 Å². The van der Waals surface area contributed by atoms with Crippen molar-refractivity contribution in [2.24, 2.45) is 5.73 Å². The van der Waals surface area contributed by atoms with Crippen molar-refractivity contribution in [1.82, 2.24) is 0 Å². The molecule has 0 saturated carbocycles. The molecule has 5 nitrogen and oxygen atoms in total. The van der Waals surface area contributed by atoms with Crippen molar-refractivity contribution in [3.63, 3.8) is 0 Å². The summed E-state index contributed by atoms with van der Waals surface area (Å²) in [5, 5.41) is 0. The Morgan fingerprint density at radius 1 is 1.50 bits per heavy atom. The highest BCUT2D eigenvalue weighted by Gasteiger charge is 2.15. The molecule has 18 heavy (non-hydrogen) atoms. The highest BCUT2D eigenvalue weighted by molar-refractivity contribution is 7.90. The van der Waals surface area contributed by atoms with E-state index in [1.807, 2.05) is 0 Å². The average Bonchev–Trinajstić information content (AvgIpc) is 2.43. The monoisotopic (exact) mass is 280 g/mol. The Bertz CT molecular complexity index is 733. The fourth-order valence-corrected chi connectivity index (χ4v) is 1.92. The number of ether oxygens (including phenoxy) is 2. The quantitative estimate of drug-likeness (QED) is 0.845. The smallest absolute Gasteiger partial charge is 0.161 e. The zero-order valence-electron chi connectivity index (χ0n) is 16.9. The van der Waals surface area contributed by atoms with Gasteiger partial charge in [0.1, 0.15) is 9.84 Å².